The van der Waals surface area contributed by atoms with Crippen LogP contribution >= 0.6 is 23.2 Å². The molecule has 1 aliphatic carbocycles. The number of likely N-dealkylation sites (tertiary alicyclic amines) is 1. The predicted octanol–water partition coefficient (Wildman–Crippen LogP) is 4.45. The first-order chi connectivity index (χ1) is 16.9. The molecule has 1 saturated carbocycles. The molecule has 184 valence electrons. The molecule has 1 amide bonds. The molecule has 3 aromatic heterocycles. The Kier molecular flexibility index (Phi) is 8.04. The van der Waals surface area contributed by atoms with Crippen molar-refractivity contribution in [3.63, 3.8) is 0 Å². The first-order valence-corrected chi connectivity index (χ1v) is 12.1. The number of halogens is 2. The van der Waals surface area contributed by atoms with Crippen molar-refractivity contribution < 1.29 is 4.79 Å². The number of amidine groups is 1. The van der Waals surface area contributed by atoms with E-state index in [1.807, 2.05) is 24.4 Å². The third kappa shape index (κ3) is 6.61. The van der Waals surface area contributed by atoms with Crippen LogP contribution in [0, 0.1) is 0 Å². The maximum Gasteiger partial charge on any atom is 0.211 e. The van der Waals surface area contributed by atoms with Gasteiger partial charge < -0.3 is 20.9 Å². The fourth-order valence-corrected chi connectivity index (χ4v) is 4.14. The Morgan fingerprint density at radius 3 is 2.74 bits per heavy atom. The lowest BCUT2D eigenvalue weighted by Gasteiger charge is -2.22. The highest BCUT2D eigenvalue weighted by atomic mass is 35.5. The molecule has 2 aliphatic rings. The number of rotatable bonds is 5. The Morgan fingerprint density at radius 1 is 1.29 bits per heavy atom. The van der Waals surface area contributed by atoms with Gasteiger partial charge >= 0.3 is 0 Å². The summed E-state index contributed by atoms with van der Waals surface area (Å²) in [5.41, 5.74) is 8.69. The Hall–Kier alpha value is -3.37. The normalized spacial score (nSPS) is 18.3. The van der Waals surface area contributed by atoms with E-state index in [4.69, 9.17) is 28.9 Å². The number of nitrogens with two attached hydrogens (primary N) is 1. The van der Waals surface area contributed by atoms with Crippen LogP contribution in [0.25, 0.3) is 0 Å². The largest absolute Gasteiger partial charge is 0.369 e. The van der Waals surface area contributed by atoms with Crippen molar-refractivity contribution >= 4 is 52.9 Å². The number of carbonyl (C=O) groups is 1. The van der Waals surface area contributed by atoms with Gasteiger partial charge in [0.05, 0.1) is 11.4 Å². The molecule has 5 N–H and O–H groups in total. The Morgan fingerprint density at radius 2 is 2.11 bits per heavy atom. The topological polar surface area (TPSA) is 140 Å². The van der Waals surface area contributed by atoms with E-state index in [1.165, 1.54) is 12.8 Å². The summed E-state index contributed by atoms with van der Waals surface area (Å²) < 4.78 is 0. The van der Waals surface area contributed by atoms with Crippen LogP contribution in [-0.4, -0.2) is 55.9 Å². The van der Waals surface area contributed by atoms with Gasteiger partial charge in [-0.25, -0.2) is 9.98 Å². The van der Waals surface area contributed by atoms with E-state index >= 15 is 0 Å². The van der Waals surface area contributed by atoms with Crippen LogP contribution in [-0.2, 0) is 4.79 Å². The van der Waals surface area contributed by atoms with Gasteiger partial charge in [-0.1, -0.05) is 23.2 Å². The van der Waals surface area contributed by atoms with E-state index < -0.39 is 0 Å². The number of pyridine rings is 1. The third-order valence-electron chi connectivity index (χ3n) is 5.76. The first-order valence-electron chi connectivity index (χ1n) is 11.4. The van der Waals surface area contributed by atoms with Gasteiger partial charge in [0.15, 0.2) is 22.8 Å². The number of aliphatic imine (C=N–C) groups is 2. The van der Waals surface area contributed by atoms with E-state index in [-0.39, 0.29) is 5.15 Å². The molecule has 4 heterocycles. The zero-order valence-electron chi connectivity index (χ0n) is 19.2. The molecule has 0 unspecified atom stereocenters. The zero-order valence-corrected chi connectivity index (χ0v) is 20.7. The molecule has 0 bridgehead atoms. The van der Waals surface area contributed by atoms with E-state index in [0.717, 1.165) is 30.8 Å². The van der Waals surface area contributed by atoms with Gasteiger partial charge in [0, 0.05) is 36.5 Å². The fraction of sp³-hybridized carbons (Fsp3) is 0.348. The number of carbonyl (C=O) groups excluding carboxylic acids is 1. The highest BCUT2D eigenvalue weighted by Gasteiger charge is 2.26. The Bertz CT molecular complexity index is 1200. The van der Waals surface area contributed by atoms with Crippen LogP contribution < -0.4 is 11.1 Å². The first kappa shape index (κ1) is 24.7. The van der Waals surface area contributed by atoms with Crippen LogP contribution in [0.15, 0.2) is 46.5 Å². The Balaban J connectivity index is 0.000000221. The van der Waals surface area contributed by atoms with Crippen molar-refractivity contribution in [3.8, 4) is 0 Å². The molecule has 0 spiro atoms. The summed E-state index contributed by atoms with van der Waals surface area (Å²) in [4.78, 5) is 28.2. The van der Waals surface area contributed by atoms with E-state index in [1.54, 1.807) is 12.1 Å². The average Bonchev–Trinajstić information content (AvgIpc) is 3.19. The number of aromatic nitrogens is 4. The van der Waals surface area contributed by atoms with Crippen molar-refractivity contribution in [2.75, 3.05) is 11.9 Å². The summed E-state index contributed by atoms with van der Waals surface area (Å²) in [6, 6.07) is 9.41. The number of aromatic amines is 2. The molecular formula is C23H27Cl2N9O. The standard InChI is InChI=1S/C17H23N7.C6H4Cl2N2O/c1-11-4-3-9-24(11)17(18)21-16(13-5-2-8-19-13)20-15-10-14(22-23-15)12-6-7-12;7-5-2-1-4(9-3-11)6(8)10-5/h2,5,8,10-12,19H,3-4,6-7,9H2,1H3,(H3,18,20,21,22,23);1-3H,(H,9,11)/t11-;/m0./s1. The van der Waals surface area contributed by atoms with Crippen LogP contribution in [0.4, 0.5) is 11.5 Å². The second kappa shape index (κ2) is 11.4. The number of amides is 1. The SMILES string of the molecule is C[C@H]1CCCN1C(N)=NC(=Nc1cc(C2CC2)[nH]n1)c1ccc[nH]1.O=CNc1ccc(Cl)nc1Cl. The molecule has 12 heteroatoms. The minimum atomic E-state index is 0.185. The predicted molar refractivity (Wildman–Crippen MR) is 139 cm³/mol. The molecule has 2 fully saturated rings. The molecule has 0 aromatic carbocycles. The molecule has 3 aromatic rings. The van der Waals surface area contributed by atoms with Crippen LogP contribution in [0.2, 0.25) is 10.3 Å². The van der Waals surface area contributed by atoms with Gasteiger partial charge in [-0.2, -0.15) is 10.1 Å². The lowest BCUT2D eigenvalue weighted by Crippen LogP contribution is -2.40. The minimum absolute atomic E-state index is 0.185. The molecule has 1 atom stereocenters. The summed E-state index contributed by atoms with van der Waals surface area (Å²) in [6.07, 6.45) is 7.14. The van der Waals surface area contributed by atoms with Gasteiger partial charge in [-0.05, 0) is 56.9 Å². The zero-order chi connectivity index (χ0) is 24.8. The van der Waals surface area contributed by atoms with Crippen molar-refractivity contribution in [1.82, 2.24) is 25.1 Å². The Labute approximate surface area is 213 Å². The highest BCUT2D eigenvalue weighted by Crippen LogP contribution is 2.39. The lowest BCUT2D eigenvalue weighted by atomic mass is 10.2. The average molecular weight is 516 g/mol. The number of H-pyrrole nitrogens is 2. The monoisotopic (exact) mass is 515 g/mol. The molecule has 35 heavy (non-hydrogen) atoms. The summed E-state index contributed by atoms with van der Waals surface area (Å²) in [5, 5.41) is 10.2. The number of anilines is 1. The quantitative estimate of drug-likeness (QED) is 0.172. The van der Waals surface area contributed by atoms with E-state index in [9.17, 15) is 4.79 Å². The molecular weight excluding hydrogens is 489 g/mol. The third-order valence-corrected chi connectivity index (χ3v) is 6.26. The highest BCUT2D eigenvalue weighted by molar-refractivity contribution is 6.34. The van der Waals surface area contributed by atoms with Crippen molar-refractivity contribution in [1.29, 1.82) is 0 Å². The van der Waals surface area contributed by atoms with Gasteiger partial charge in [-0.15, -0.1) is 0 Å². The maximum atomic E-state index is 9.98. The number of hydrogen-bond acceptors (Lipinski definition) is 4. The number of guanidine groups is 1. The van der Waals surface area contributed by atoms with Crippen LogP contribution in [0.5, 0.6) is 0 Å². The van der Waals surface area contributed by atoms with Gasteiger partial charge in [-0.3, -0.25) is 9.89 Å². The van der Waals surface area contributed by atoms with Crippen LogP contribution in [0.3, 0.4) is 0 Å². The number of hydrogen-bond donors (Lipinski definition) is 4. The smallest absolute Gasteiger partial charge is 0.211 e. The number of nitrogens with one attached hydrogen (secondary N) is 3. The molecule has 10 nitrogen and oxygen atoms in total. The molecule has 1 saturated heterocycles. The van der Waals surface area contributed by atoms with Gasteiger partial charge in [0.1, 0.15) is 5.15 Å². The van der Waals surface area contributed by atoms with Gasteiger partial charge in [0.25, 0.3) is 0 Å². The second-order valence-corrected chi connectivity index (χ2v) is 9.11. The van der Waals surface area contributed by atoms with Crippen molar-refractivity contribution in [3.05, 3.63) is 58.2 Å². The minimum Gasteiger partial charge on any atom is -0.369 e. The summed E-state index contributed by atoms with van der Waals surface area (Å²) in [6.45, 7) is 3.12. The fourth-order valence-electron chi connectivity index (χ4n) is 3.74. The van der Waals surface area contributed by atoms with Crippen molar-refractivity contribution in [2.45, 2.75) is 44.6 Å². The summed E-state index contributed by atoms with van der Waals surface area (Å²) in [7, 11) is 0. The number of nitrogens with zero attached hydrogens (tertiary/aromatic N) is 5. The van der Waals surface area contributed by atoms with Crippen LogP contribution in [0.1, 0.15) is 49.9 Å². The lowest BCUT2D eigenvalue weighted by molar-refractivity contribution is -0.105. The van der Waals surface area contributed by atoms with Gasteiger partial charge in [0.2, 0.25) is 6.41 Å². The second-order valence-electron chi connectivity index (χ2n) is 8.36. The molecule has 5 rings (SSSR count). The van der Waals surface area contributed by atoms with Crippen molar-refractivity contribution in [2.24, 2.45) is 15.7 Å². The summed E-state index contributed by atoms with van der Waals surface area (Å²) >= 11 is 11.1. The maximum absolute atomic E-state index is 9.98. The summed E-state index contributed by atoms with van der Waals surface area (Å²) in [5.74, 6) is 2.35. The van der Waals surface area contributed by atoms with E-state index in [0.29, 0.717) is 46.8 Å². The molecule has 1 aliphatic heterocycles. The van der Waals surface area contributed by atoms with E-state index in [2.05, 4.69) is 47.3 Å². The molecule has 0 radical (unpaired) electrons.